The molecule has 1 saturated heterocycles. The van der Waals surface area contributed by atoms with Gasteiger partial charge in [0.05, 0.1) is 11.5 Å². The molecular formula is C19H23NO3S2. The Morgan fingerprint density at radius 2 is 1.96 bits per heavy atom. The summed E-state index contributed by atoms with van der Waals surface area (Å²) >= 11 is 6.69. The number of thiocarbonyl (C=S) groups is 1. The number of carbonyl (C=O) groups excluding carboxylic acids is 2. The SMILES string of the molecule is CCOC(=O)CCCCCN1C(=O)/C(=C\c2ccc(C)cc2)SC1=S. The van der Waals surface area contributed by atoms with Gasteiger partial charge in [-0.15, -0.1) is 0 Å². The van der Waals surface area contributed by atoms with E-state index in [-0.39, 0.29) is 11.9 Å². The molecule has 0 N–H and O–H groups in total. The average Bonchev–Trinajstić information content (AvgIpc) is 2.84. The van der Waals surface area contributed by atoms with Crippen molar-refractivity contribution in [1.82, 2.24) is 4.90 Å². The standard InChI is InChI=1S/C19H23NO3S2/c1-3-23-17(21)7-5-4-6-12-20-18(22)16(25-19(20)24)13-15-10-8-14(2)9-11-15/h8-11,13H,3-7,12H2,1-2H3/b16-13+. The maximum Gasteiger partial charge on any atom is 0.305 e. The fourth-order valence-electron chi connectivity index (χ4n) is 2.46. The van der Waals surface area contributed by atoms with Gasteiger partial charge in [0, 0.05) is 13.0 Å². The summed E-state index contributed by atoms with van der Waals surface area (Å²) in [5.74, 6) is -0.185. The van der Waals surface area contributed by atoms with Crippen LogP contribution in [0.25, 0.3) is 6.08 Å². The zero-order valence-electron chi connectivity index (χ0n) is 14.6. The maximum absolute atomic E-state index is 12.5. The van der Waals surface area contributed by atoms with Crippen molar-refractivity contribution in [1.29, 1.82) is 0 Å². The van der Waals surface area contributed by atoms with E-state index in [1.165, 1.54) is 17.3 Å². The number of hydrogen-bond donors (Lipinski definition) is 0. The molecule has 0 bridgehead atoms. The first-order valence-corrected chi connectivity index (χ1v) is 9.71. The van der Waals surface area contributed by atoms with E-state index in [2.05, 4.69) is 0 Å². The highest BCUT2D eigenvalue weighted by atomic mass is 32.2. The van der Waals surface area contributed by atoms with Crippen LogP contribution in [0.1, 0.15) is 43.7 Å². The molecule has 25 heavy (non-hydrogen) atoms. The van der Waals surface area contributed by atoms with Crippen LogP contribution >= 0.6 is 24.0 Å². The maximum atomic E-state index is 12.5. The zero-order chi connectivity index (χ0) is 18.2. The van der Waals surface area contributed by atoms with Crippen molar-refractivity contribution in [3.05, 3.63) is 40.3 Å². The van der Waals surface area contributed by atoms with Crippen LogP contribution in [0.4, 0.5) is 0 Å². The first kappa shape index (κ1) is 19.7. The van der Waals surface area contributed by atoms with Crippen molar-refractivity contribution in [2.45, 2.75) is 39.5 Å². The summed E-state index contributed by atoms with van der Waals surface area (Å²) in [5, 5.41) is 0. The van der Waals surface area contributed by atoms with Gasteiger partial charge in [0.15, 0.2) is 0 Å². The molecule has 134 valence electrons. The number of ether oxygens (including phenoxy) is 1. The molecule has 1 aliphatic rings. The predicted molar refractivity (Wildman–Crippen MR) is 106 cm³/mol. The van der Waals surface area contributed by atoms with Gasteiger partial charge in [-0.2, -0.15) is 0 Å². The van der Waals surface area contributed by atoms with E-state index in [1.807, 2.05) is 37.3 Å². The molecule has 1 aliphatic heterocycles. The average molecular weight is 378 g/mol. The van der Waals surface area contributed by atoms with Crippen molar-refractivity contribution >= 4 is 46.3 Å². The van der Waals surface area contributed by atoms with Gasteiger partial charge < -0.3 is 4.74 Å². The highest BCUT2D eigenvalue weighted by Crippen LogP contribution is 2.32. The van der Waals surface area contributed by atoms with Gasteiger partial charge in [0.1, 0.15) is 4.32 Å². The van der Waals surface area contributed by atoms with Crippen molar-refractivity contribution in [3.63, 3.8) is 0 Å². The monoisotopic (exact) mass is 377 g/mol. The van der Waals surface area contributed by atoms with Crippen LogP contribution in [0, 0.1) is 6.92 Å². The Balaban J connectivity index is 1.82. The summed E-state index contributed by atoms with van der Waals surface area (Å²) in [6.45, 7) is 4.85. The highest BCUT2D eigenvalue weighted by Gasteiger charge is 2.31. The predicted octanol–water partition coefficient (Wildman–Crippen LogP) is 4.32. The molecule has 0 radical (unpaired) electrons. The Hall–Kier alpha value is -1.66. The van der Waals surface area contributed by atoms with E-state index in [4.69, 9.17) is 17.0 Å². The first-order valence-electron chi connectivity index (χ1n) is 8.49. The number of thioether (sulfide) groups is 1. The van der Waals surface area contributed by atoms with Gasteiger partial charge in [-0.05, 0) is 38.3 Å². The summed E-state index contributed by atoms with van der Waals surface area (Å²) in [7, 11) is 0. The van der Waals surface area contributed by atoms with E-state index < -0.39 is 0 Å². The fourth-order valence-corrected chi connectivity index (χ4v) is 3.76. The van der Waals surface area contributed by atoms with Gasteiger partial charge in [0.25, 0.3) is 5.91 Å². The molecule has 0 saturated carbocycles. The summed E-state index contributed by atoms with van der Waals surface area (Å²) in [6.07, 6.45) is 4.78. The first-order chi connectivity index (χ1) is 12.0. The minimum absolute atomic E-state index is 0.0269. The number of carbonyl (C=O) groups is 2. The molecule has 2 rings (SSSR count). The van der Waals surface area contributed by atoms with Crippen molar-refractivity contribution < 1.29 is 14.3 Å². The largest absolute Gasteiger partial charge is 0.466 e. The number of rotatable bonds is 8. The number of unbranched alkanes of at least 4 members (excludes halogenated alkanes) is 2. The summed E-state index contributed by atoms with van der Waals surface area (Å²) < 4.78 is 5.50. The lowest BCUT2D eigenvalue weighted by molar-refractivity contribution is -0.143. The van der Waals surface area contributed by atoms with Crippen molar-refractivity contribution in [3.8, 4) is 0 Å². The quantitative estimate of drug-likeness (QED) is 0.292. The molecule has 0 aromatic heterocycles. The normalized spacial score (nSPS) is 15.9. The third-order valence-corrected chi connectivity index (χ3v) is 5.19. The van der Waals surface area contributed by atoms with Crippen LogP contribution in [0.15, 0.2) is 29.2 Å². The number of benzene rings is 1. The molecule has 1 aromatic carbocycles. The molecule has 4 nitrogen and oxygen atoms in total. The lowest BCUT2D eigenvalue weighted by Crippen LogP contribution is -2.29. The van der Waals surface area contributed by atoms with E-state index in [0.29, 0.717) is 28.8 Å². The topological polar surface area (TPSA) is 46.6 Å². The zero-order valence-corrected chi connectivity index (χ0v) is 16.3. The summed E-state index contributed by atoms with van der Waals surface area (Å²) in [5.41, 5.74) is 2.19. The smallest absolute Gasteiger partial charge is 0.305 e. The van der Waals surface area contributed by atoms with Gasteiger partial charge in [-0.3, -0.25) is 14.5 Å². The minimum Gasteiger partial charge on any atom is -0.466 e. The molecule has 0 unspecified atom stereocenters. The molecule has 1 heterocycles. The Morgan fingerprint density at radius 1 is 1.24 bits per heavy atom. The third-order valence-electron chi connectivity index (χ3n) is 3.82. The number of esters is 1. The second kappa shape index (κ2) is 9.73. The van der Waals surface area contributed by atoms with E-state index >= 15 is 0 Å². The minimum atomic E-state index is -0.158. The van der Waals surface area contributed by atoms with Gasteiger partial charge in [-0.1, -0.05) is 60.2 Å². The van der Waals surface area contributed by atoms with Crippen molar-refractivity contribution in [2.75, 3.05) is 13.2 Å². The van der Waals surface area contributed by atoms with E-state index in [0.717, 1.165) is 24.8 Å². The molecule has 0 aliphatic carbocycles. The van der Waals surface area contributed by atoms with Crippen LogP contribution in [-0.2, 0) is 14.3 Å². The lowest BCUT2D eigenvalue weighted by Gasteiger charge is -2.13. The number of aryl methyl sites for hydroxylation is 1. The Morgan fingerprint density at radius 3 is 2.64 bits per heavy atom. The van der Waals surface area contributed by atoms with Crippen LogP contribution in [0.5, 0.6) is 0 Å². The Labute approximate surface area is 158 Å². The fraction of sp³-hybridized carbons (Fsp3) is 0.421. The van der Waals surface area contributed by atoms with Crippen molar-refractivity contribution in [2.24, 2.45) is 0 Å². The Kier molecular flexibility index (Phi) is 7.65. The number of amides is 1. The second-order valence-electron chi connectivity index (χ2n) is 5.86. The summed E-state index contributed by atoms with van der Waals surface area (Å²) in [6, 6.07) is 8.04. The van der Waals surface area contributed by atoms with E-state index in [9.17, 15) is 9.59 Å². The molecular weight excluding hydrogens is 354 g/mol. The van der Waals surface area contributed by atoms with Crippen LogP contribution in [-0.4, -0.2) is 34.2 Å². The summed E-state index contributed by atoms with van der Waals surface area (Å²) in [4.78, 5) is 26.1. The van der Waals surface area contributed by atoms with Crippen LogP contribution in [0.3, 0.4) is 0 Å². The molecule has 0 spiro atoms. The number of hydrogen-bond acceptors (Lipinski definition) is 5. The number of nitrogens with zero attached hydrogens (tertiary/aromatic N) is 1. The van der Waals surface area contributed by atoms with Gasteiger partial charge in [0.2, 0.25) is 0 Å². The molecule has 1 amide bonds. The van der Waals surface area contributed by atoms with Gasteiger partial charge >= 0.3 is 5.97 Å². The lowest BCUT2D eigenvalue weighted by atomic mass is 10.1. The highest BCUT2D eigenvalue weighted by molar-refractivity contribution is 8.26. The second-order valence-corrected chi connectivity index (χ2v) is 7.54. The molecule has 1 fully saturated rings. The van der Waals surface area contributed by atoms with E-state index in [1.54, 1.807) is 11.8 Å². The third kappa shape index (κ3) is 5.97. The molecule has 1 aromatic rings. The van der Waals surface area contributed by atoms with Gasteiger partial charge in [-0.25, -0.2) is 0 Å². The van der Waals surface area contributed by atoms with Crippen LogP contribution in [0.2, 0.25) is 0 Å². The molecule has 0 atom stereocenters. The molecule has 6 heteroatoms. The van der Waals surface area contributed by atoms with Crippen LogP contribution < -0.4 is 0 Å². The Bertz CT molecular complexity index is 668.